The Morgan fingerprint density at radius 2 is 1.04 bits per heavy atom. The molecule has 0 unspecified atom stereocenters. The van der Waals surface area contributed by atoms with E-state index in [0.29, 0.717) is 0 Å². The first-order valence-electron chi connectivity index (χ1n) is 5.13. The van der Waals surface area contributed by atoms with E-state index < -0.39 is 47.3 Å². The highest BCUT2D eigenvalue weighted by atomic mass is 19.4. The normalized spacial score (nSPS) is 15.5. The Kier molecular flexibility index (Phi) is 5.64. The lowest BCUT2D eigenvalue weighted by Crippen LogP contribution is -2.74. The number of rotatable bonds is 5. The smallest absolute Gasteiger partial charge is 0.463 e. The van der Waals surface area contributed by atoms with Gasteiger partial charge in [-0.15, -0.1) is 0 Å². The fraction of sp³-hybridized carbons (Fsp3) is 0.875. The number of alkyl halides is 14. The van der Waals surface area contributed by atoms with Gasteiger partial charge >= 0.3 is 42.4 Å². The summed E-state index contributed by atoms with van der Waals surface area (Å²) in [6, 6.07) is -22.6. The van der Waals surface area contributed by atoms with Crippen LogP contribution in [0, 0.1) is 0 Å². The molecule has 0 aliphatic heterocycles. The van der Waals surface area contributed by atoms with Gasteiger partial charge in [0.1, 0.15) is 0 Å². The quantitative estimate of drug-likeness (QED) is 0.389. The summed E-state index contributed by atoms with van der Waals surface area (Å²) in [5.41, 5.74) is 0. The van der Waals surface area contributed by atoms with E-state index in [-0.39, 0.29) is 7.11 Å². The molecule has 0 atom stereocenters. The second-order valence-electron chi connectivity index (χ2n) is 4.02. The van der Waals surface area contributed by atoms with Gasteiger partial charge in [-0.05, 0) is 0 Å². The zero-order valence-corrected chi connectivity index (χ0v) is 11.1. The molecule has 0 aliphatic rings. The van der Waals surface area contributed by atoms with E-state index in [1.807, 2.05) is 0 Å². The van der Waals surface area contributed by atoms with E-state index in [9.17, 15) is 66.3 Å². The maximum atomic E-state index is 13.2. The van der Waals surface area contributed by atoms with Crippen LogP contribution < -0.4 is 0 Å². The van der Waals surface area contributed by atoms with Gasteiger partial charge in [-0.2, -0.15) is 61.5 Å². The minimum absolute atomic E-state index is 0.180. The molecule has 150 valence electrons. The average molecular weight is 411 g/mol. The van der Waals surface area contributed by atoms with Gasteiger partial charge in [0.25, 0.3) is 0 Å². The van der Waals surface area contributed by atoms with Gasteiger partial charge in [-0.3, -0.25) is 0 Å². The Hall–Kier alpha value is -1.55. The van der Waals surface area contributed by atoms with Crippen molar-refractivity contribution in [2.75, 3.05) is 7.11 Å². The number of nitrogens with zero attached hydrogens (tertiary/aromatic N) is 1. The van der Waals surface area contributed by atoms with Crippen molar-refractivity contribution < 1.29 is 71.0 Å². The molecular weight excluding hydrogens is 408 g/mol. The highest BCUT2D eigenvalue weighted by molar-refractivity contribution is 5.77. The predicted octanol–water partition coefficient (Wildman–Crippen LogP) is 4.00. The van der Waals surface area contributed by atoms with Gasteiger partial charge in [0.15, 0.2) is 0 Å². The van der Waals surface area contributed by atoms with E-state index in [2.05, 4.69) is 4.74 Å². The van der Waals surface area contributed by atoms with Crippen LogP contribution in [0.15, 0.2) is 0 Å². The molecule has 0 fully saturated rings. The third-order valence-electron chi connectivity index (χ3n) is 2.35. The van der Waals surface area contributed by atoms with Crippen LogP contribution in [-0.4, -0.2) is 54.4 Å². The third-order valence-corrected chi connectivity index (χ3v) is 2.35. The number of carbonyl (C=O) groups excluding carboxylic acids is 1. The third kappa shape index (κ3) is 3.55. The van der Waals surface area contributed by atoms with Crippen LogP contribution in [0.5, 0.6) is 0 Å². The molecule has 0 radical (unpaired) electrons. The lowest BCUT2D eigenvalue weighted by atomic mass is 10.2. The lowest BCUT2D eigenvalue weighted by Gasteiger charge is -2.42. The molecule has 0 N–H and O–H groups in total. The number of carbonyl (C=O) groups is 1. The Morgan fingerprint density at radius 3 is 1.28 bits per heavy atom. The highest BCUT2D eigenvalue weighted by Gasteiger charge is 2.86. The van der Waals surface area contributed by atoms with Crippen molar-refractivity contribution in [2.45, 2.75) is 36.4 Å². The molecule has 0 heterocycles. The van der Waals surface area contributed by atoms with Gasteiger partial charge in [-0.25, -0.2) is 4.79 Å². The number of esters is 1. The van der Waals surface area contributed by atoms with E-state index >= 15 is 0 Å². The topological polar surface area (TPSA) is 29.5 Å². The second kappa shape index (κ2) is 6.01. The van der Waals surface area contributed by atoms with Crippen molar-refractivity contribution in [3.05, 3.63) is 0 Å². The van der Waals surface area contributed by atoms with Crippen LogP contribution in [0.4, 0.5) is 61.5 Å². The molecule has 0 bridgehead atoms. The number of hydrogen-bond donors (Lipinski definition) is 0. The monoisotopic (exact) mass is 411 g/mol. The molecule has 0 aromatic heterocycles. The Labute approximate surface area is 127 Å². The van der Waals surface area contributed by atoms with Crippen molar-refractivity contribution in [1.82, 2.24) is 4.90 Å². The average Bonchev–Trinajstić information content (AvgIpc) is 2.33. The van der Waals surface area contributed by atoms with E-state index in [0.717, 1.165) is 0 Å². The van der Waals surface area contributed by atoms with Crippen LogP contribution in [0.2, 0.25) is 0 Å². The van der Waals surface area contributed by atoms with E-state index in [1.165, 1.54) is 0 Å². The molecule has 0 amide bonds. The van der Waals surface area contributed by atoms with Crippen LogP contribution in [0.1, 0.15) is 0 Å². The Morgan fingerprint density at radius 1 is 0.680 bits per heavy atom. The second-order valence-corrected chi connectivity index (χ2v) is 4.02. The molecule has 17 heteroatoms. The SMILES string of the molecule is COC(=O)C(F)(F)N(C(F)(F)C(F)(F)F)C(F)(F)C(F)(F)C(F)(F)F. The summed E-state index contributed by atoms with van der Waals surface area (Å²) >= 11 is 0. The summed E-state index contributed by atoms with van der Waals surface area (Å²) in [5.74, 6) is -11.5. The van der Waals surface area contributed by atoms with Gasteiger partial charge in [0.2, 0.25) is 0 Å². The van der Waals surface area contributed by atoms with Crippen molar-refractivity contribution in [3.63, 3.8) is 0 Å². The van der Waals surface area contributed by atoms with Crippen LogP contribution in [0.3, 0.4) is 0 Å². The Balaban J connectivity index is 6.80. The van der Waals surface area contributed by atoms with Gasteiger partial charge in [0.05, 0.1) is 7.11 Å². The predicted molar refractivity (Wildman–Crippen MR) is 45.8 cm³/mol. The summed E-state index contributed by atoms with van der Waals surface area (Å²) in [7, 11) is -0.180. The Bertz CT molecular complexity index is 506. The van der Waals surface area contributed by atoms with Gasteiger partial charge < -0.3 is 4.74 Å². The maximum absolute atomic E-state index is 13.2. The first-order chi connectivity index (χ1) is 10.6. The van der Waals surface area contributed by atoms with Gasteiger partial charge in [0, 0.05) is 0 Å². The molecule has 0 aromatic carbocycles. The number of methoxy groups -OCH3 is 1. The summed E-state index contributed by atoms with van der Waals surface area (Å²) in [6.07, 6.45) is -15.1. The van der Waals surface area contributed by atoms with Crippen molar-refractivity contribution in [1.29, 1.82) is 0 Å². The first kappa shape index (κ1) is 23.4. The molecule has 3 nitrogen and oxygen atoms in total. The van der Waals surface area contributed by atoms with Crippen molar-refractivity contribution in [3.8, 4) is 0 Å². The summed E-state index contributed by atoms with van der Waals surface area (Å²) in [5, 5.41) is 0. The molecule has 0 saturated heterocycles. The fourth-order valence-corrected chi connectivity index (χ4v) is 1.18. The molecule has 0 rings (SSSR count). The fourth-order valence-electron chi connectivity index (χ4n) is 1.18. The van der Waals surface area contributed by atoms with E-state index in [4.69, 9.17) is 0 Å². The molecule has 0 aliphatic carbocycles. The standard InChI is InChI=1S/C8H3F14NO2/c1-25-2(24)3(9,10)23(8(21,22)6(16,17)18)7(19,20)4(11,12)5(13,14)15/h1H3. The molecule has 0 aromatic rings. The summed E-state index contributed by atoms with van der Waals surface area (Å²) in [6.45, 7) is 0. The molecular formula is C8H3F14NO2. The van der Waals surface area contributed by atoms with Crippen molar-refractivity contribution in [2.24, 2.45) is 0 Å². The maximum Gasteiger partial charge on any atom is 0.469 e. The number of ether oxygens (including phenoxy) is 1. The lowest BCUT2D eigenvalue weighted by molar-refractivity contribution is -0.480. The van der Waals surface area contributed by atoms with Crippen molar-refractivity contribution >= 4 is 5.97 Å². The largest absolute Gasteiger partial charge is 0.469 e. The van der Waals surface area contributed by atoms with E-state index in [1.54, 1.807) is 0 Å². The zero-order chi connectivity index (χ0) is 20.9. The molecule has 0 spiro atoms. The highest BCUT2D eigenvalue weighted by Crippen LogP contribution is 2.56. The zero-order valence-electron chi connectivity index (χ0n) is 11.1. The minimum atomic E-state index is -7.94. The van der Waals surface area contributed by atoms with Crippen LogP contribution >= 0.6 is 0 Å². The van der Waals surface area contributed by atoms with Gasteiger partial charge in [-0.1, -0.05) is 4.90 Å². The van der Waals surface area contributed by atoms with Crippen LogP contribution in [0.25, 0.3) is 0 Å². The number of hydrogen-bond acceptors (Lipinski definition) is 3. The summed E-state index contributed by atoms with van der Waals surface area (Å²) < 4.78 is 179. The number of halogens is 14. The summed E-state index contributed by atoms with van der Waals surface area (Å²) in [4.78, 5) is 6.31. The molecule has 0 saturated carbocycles. The molecule has 25 heavy (non-hydrogen) atoms. The minimum Gasteiger partial charge on any atom is -0.463 e. The first-order valence-corrected chi connectivity index (χ1v) is 5.13. The van der Waals surface area contributed by atoms with Crippen LogP contribution in [-0.2, 0) is 9.53 Å².